The van der Waals surface area contributed by atoms with Crippen LogP contribution in [0, 0.1) is 11.3 Å². The van der Waals surface area contributed by atoms with Gasteiger partial charge in [0, 0.05) is 24.5 Å². The summed E-state index contributed by atoms with van der Waals surface area (Å²) in [6.45, 7) is -0.0615. The van der Waals surface area contributed by atoms with E-state index in [4.69, 9.17) is 4.98 Å². The largest absolute Gasteiger partial charge is 0.417 e. The molecule has 0 amide bonds. The van der Waals surface area contributed by atoms with E-state index in [9.17, 15) is 23.5 Å². The molecule has 0 spiro atoms. The first-order chi connectivity index (χ1) is 22.4. The first-order valence-electron chi connectivity index (χ1n) is 15.3. The average Bonchev–Trinajstić information content (AvgIpc) is 3.59. The molecule has 46 heavy (non-hydrogen) atoms. The fourth-order valence-electron chi connectivity index (χ4n) is 6.69. The van der Waals surface area contributed by atoms with Gasteiger partial charge in [-0.25, -0.2) is 4.98 Å². The minimum atomic E-state index is -4.67. The SMILES string of the molecule is N#Cc1ccc(N(CCO)C2CCC=C(c3cn(C(c4ccccc4)(c4ccccc4)c4ccccc4)cn3)C2)cc1C(F)(F)F. The molecule has 1 aliphatic rings. The van der Waals surface area contributed by atoms with Crippen LogP contribution >= 0.6 is 0 Å². The standard InChI is InChI=1S/C38H33F3N4O/c39-38(40,41)35-24-34(20-19-29(35)25-42)45(21-22-46)33-18-10-11-28(23-33)36-26-44(27-43-36)37(30-12-4-1-5-13-30,31-14-6-2-7-15-31)32-16-8-3-9-17-32/h1-9,11-17,19-20,24,26-27,33,46H,10,18,21-23H2. The van der Waals surface area contributed by atoms with Crippen molar-refractivity contribution in [1.29, 1.82) is 5.26 Å². The van der Waals surface area contributed by atoms with E-state index >= 15 is 0 Å². The number of aliphatic hydroxyl groups is 1. The van der Waals surface area contributed by atoms with Crippen LogP contribution in [-0.4, -0.2) is 33.9 Å². The van der Waals surface area contributed by atoms with Gasteiger partial charge in [0.1, 0.15) is 5.54 Å². The van der Waals surface area contributed by atoms with Gasteiger partial charge in [0.05, 0.1) is 35.8 Å². The summed E-state index contributed by atoms with van der Waals surface area (Å²) in [6.07, 6.45) is 3.34. The Kier molecular flexibility index (Phi) is 8.78. The quantitative estimate of drug-likeness (QED) is 0.170. The summed E-state index contributed by atoms with van der Waals surface area (Å²) in [7, 11) is 0. The first kappa shape index (κ1) is 30.9. The van der Waals surface area contributed by atoms with Crippen molar-refractivity contribution < 1.29 is 18.3 Å². The number of nitrogens with zero attached hydrogens (tertiary/aromatic N) is 4. The lowest BCUT2D eigenvalue weighted by molar-refractivity contribution is -0.137. The Hall–Kier alpha value is -5.13. The van der Waals surface area contributed by atoms with Gasteiger partial charge < -0.3 is 14.6 Å². The van der Waals surface area contributed by atoms with Crippen LogP contribution in [0.2, 0.25) is 0 Å². The Bertz CT molecular complexity index is 1750. The number of rotatable bonds is 9. The maximum absolute atomic E-state index is 13.8. The van der Waals surface area contributed by atoms with Crippen LogP contribution in [-0.2, 0) is 11.7 Å². The molecule has 0 saturated heterocycles. The second kappa shape index (κ2) is 13.1. The minimum absolute atomic E-state index is 0.161. The summed E-state index contributed by atoms with van der Waals surface area (Å²) in [6, 6.07) is 36.2. The summed E-state index contributed by atoms with van der Waals surface area (Å²) in [5, 5.41) is 19.2. The average molecular weight is 619 g/mol. The normalized spacial score (nSPS) is 15.2. The highest BCUT2D eigenvalue weighted by Gasteiger charge is 2.39. The Labute approximate surface area is 266 Å². The molecule has 8 heteroatoms. The van der Waals surface area contributed by atoms with Crippen molar-refractivity contribution in [3.05, 3.63) is 161 Å². The van der Waals surface area contributed by atoms with Crippen LogP contribution < -0.4 is 4.90 Å². The molecule has 4 aromatic carbocycles. The summed E-state index contributed by atoms with van der Waals surface area (Å²) < 4.78 is 43.6. The summed E-state index contributed by atoms with van der Waals surface area (Å²) in [4.78, 5) is 6.73. The fraction of sp³-hybridized carbons (Fsp3) is 0.211. The Morgan fingerprint density at radius 1 is 0.870 bits per heavy atom. The van der Waals surface area contributed by atoms with Gasteiger partial charge in [0.2, 0.25) is 0 Å². The molecule has 1 heterocycles. The van der Waals surface area contributed by atoms with Crippen LogP contribution in [0.4, 0.5) is 18.9 Å². The monoisotopic (exact) mass is 618 g/mol. The Balaban J connectivity index is 1.39. The Morgan fingerprint density at radius 3 is 1.98 bits per heavy atom. The van der Waals surface area contributed by atoms with E-state index in [1.54, 1.807) is 6.07 Å². The highest BCUT2D eigenvalue weighted by Crippen LogP contribution is 2.42. The molecule has 0 aliphatic heterocycles. The van der Waals surface area contributed by atoms with E-state index in [1.807, 2.05) is 65.8 Å². The highest BCUT2D eigenvalue weighted by molar-refractivity contribution is 5.66. The maximum atomic E-state index is 13.8. The topological polar surface area (TPSA) is 65.1 Å². The number of benzene rings is 4. The second-order valence-corrected chi connectivity index (χ2v) is 11.4. The van der Waals surface area contributed by atoms with Gasteiger partial charge >= 0.3 is 6.18 Å². The molecule has 6 rings (SSSR count). The van der Waals surface area contributed by atoms with Gasteiger partial charge in [-0.05, 0) is 59.7 Å². The van der Waals surface area contributed by atoms with E-state index in [1.165, 1.54) is 12.1 Å². The van der Waals surface area contributed by atoms with Gasteiger partial charge in [-0.3, -0.25) is 0 Å². The molecule has 0 bridgehead atoms. The number of hydrogen-bond donors (Lipinski definition) is 1. The maximum Gasteiger partial charge on any atom is 0.417 e. The molecule has 1 unspecified atom stereocenters. The molecule has 0 radical (unpaired) electrons. The van der Waals surface area contributed by atoms with Crippen molar-refractivity contribution in [3.63, 3.8) is 0 Å². The van der Waals surface area contributed by atoms with E-state index in [-0.39, 0.29) is 19.2 Å². The van der Waals surface area contributed by atoms with E-state index in [0.717, 1.165) is 34.0 Å². The van der Waals surface area contributed by atoms with Gasteiger partial charge in [-0.15, -0.1) is 0 Å². The number of halogens is 3. The Morgan fingerprint density at radius 2 is 1.46 bits per heavy atom. The molecular formula is C38H33F3N4O. The van der Waals surface area contributed by atoms with Crippen LogP contribution in [0.15, 0.2) is 128 Å². The highest BCUT2D eigenvalue weighted by atomic mass is 19.4. The van der Waals surface area contributed by atoms with E-state index in [2.05, 4.69) is 53.2 Å². The number of aromatic nitrogens is 2. The van der Waals surface area contributed by atoms with Crippen molar-refractivity contribution in [1.82, 2.24) is 9.55 Å². The number of allylic oxidation sites excluding steroid dienone is 1. The summed E-state index contributed by atoms with van der Waals surface area (Å²) in [5.41, 5.74) is 3.21. The van der Waals surface area contributed by atoms with Gasteiger partial charge in [0.15, 0.2) is 0 Å². The smallest absolute Gasteiger partial charge is 0.395 e. The lowest BCUT2D eigenvalue weighted by Crippen LogP contribution is -2.39. The molecule has 1 aromatic heterocycles. The molecule has 1 N–H and O–H groups in total. The van der Waals surface area contributed by atoms with Crippen LogP contribution in [0.25, 0.3) is 5.57 Å². The predicted molar refractivity (Wildman–Crippen MR) is 173 cm³/mol. The van der Waals surface area contributed by atoms with Crippen molar-refractivity contribution in [2.24, 2.45) is 0 Å². The minimum Gasteiger partial charge on any atom is -0.395 e. The van der Waals surface area contributed by atoms with Crippen molar-refractivity contribution in [2.45, 2.75) is 37.0 Å². The molecular weight excluding hydrogens is 585 g/mol. The molecule has 0 fully saturated rings. The molecule has 1 aliphatic carbocycles. The van der Waals surface area contributed by atoms with E-state index < -0.39 is 22.8 Å². The lowest BCUT2D eigenvalue weighted by Gasteiger charge is -2.37. The van der Waals surface area contributed by atoms with Crippen LogP contribution in [0.5, 0.6) is 0 Å². The van der Waals surface area contributed by atoms with Gasteiger partial charge in [-0.2, -0.15) is 18.4 Å². The number of hydrogen-bond acceptors (Lipinski definition) is 4. The van der Waals surface area contributed by atoms with Gasteiger partial charge in [-0.1, -0.05) is 97.1 Å². The first-order valence-corrected chi connectivity index (χ1v) is 15.3. The molecule has 5 aromatic rings. The van der Waals surface area contributed by atoms with Crippen molar-refractivity contribution in [3.8, 4) is 6.07 Å². The zero-order valence-corrected chi connectivity index (χ0v) is 25.1. The van der Waals surface area contributed by atoms with Gasteiger partial charge in [0.25, 0.3) is 0 Å². The zero-order chi connectivity index (χ0) is 32.1. The van der Waals surface area contributed by atoms with Crippen molar-refractivity contribution >= 4 is 11.3 Å². The number of nitriles is 1. The predicted octanol–water partition coefficient (Wildman–Crippen LogP) is 8.05. The molecule has 0 saturated carbocycles. The number of imidazole rings is 1. The summed E-state index contributed by atoms with van der Waals surface area (Å²) in [5.74, 6) is 0. The zero-order valence-electron chi connectivity index (χ0n) is 25.1. The van der Waals surface area contributed by atoms with E-state index in [0.29, 0.717) is 24.9 Å². The third-order valence-electron chi connectivity index (χ3n) is 8.76. The molecule has 1 atom stereocenters. The second-order valence-electron chi connectivity index (χ2n) is 11.4. The molecule has 232 valence electrons. The fourth-order valence-corrected chi connectivity index (χ4v) is 6.69. The van der Waals surface area contributed by atoms with Crippen LogP contribution in [0.3, 0.4) is 0 Å². The lowest BCUT2D eigenvalue weighted by atomic mass is 9.76. The number of aliphatic hydroxyl groups excluding tert-OH is 1. The third-order valence-corrected chi connectivity index (χ3v) is 8.76. The van der Waals surface area contributed by atoms with Crippen molar-refractivity contribution in [2.75, 3.05) is 18.1 Å². The number of alkyl halides is 3. The molecule has 5 nitrogen and oxygen atoms in total. The van der Waals surface area contributed by atoms with Crippen LogP contribution in [0.1, 0.15) is 52.8 Å². The number of anilines is 1. The summed E-state index contributed by atoms with van der Waals surface area (Å²) >= 11 is 0. The third kappa shape index (κ3) is 5.82.